The summed E-state index contributed by atoms with van der Waals surface area (Å²) in [5.41, 5.74) is 1.02. The average Bonchev–Trinajstić information content (AvgIpc) is 2.99. The number of carbonyl (C=O) groups is 1. The number of nitrogens with zero attached hydrogens (tertiary/aromatic N) is 4. The van der Waals surface area contributed by atoms with E-state index in [1.165, 1.54) is 6.33 Å². The molecule has 2 aromatic rings. The van der Waals surface area contributed by atoms with Crippen LogP contribution >= 0.6 is 0 Å². The molecule has 2 heterocycles. The quantitative estimate of drug-likeness (QED) is 0.721. The van der Waals surface area contributed by atoms with Gasteiger partial charge in [0.1, 0.15) is 12.7 Å². The topological polar surface area (TPSA) is 88.5 Å². The monoisotopic (exact) mass is 234 g/mol. The van der Waals surface area contributed by atoms with Crippen LogP contribution in [0.25, 0.3) is 0 Å². The molecule has 90 valence electrons. The van der Waals surface area contributed by atoms with Crippen molar-refractivity contribution in [3.8, 4) is 0 Å². The first-order valence-corrected chi connectivity index (χ1v) is 5.41. The van der Waals surface area contributed by atoms with Gasteiger partial charge in [0.2, 0.25) is 5.91 Å². The maximum Gasteiger partial charge on any atom is 0.221 e. The van der Waals surface area contributed by atoms with Gasteiger partial charge in [-0.05, 0) is 0 Å². The Labute approximate surface area is 98.3 Å². The van der Waals surface area contributed by atoms with Crippen molar-refractivity contribution in [1.82, 2.24) is 30.0 Å². The molecule has 0 atom stereocenters. The summed E-state index contributed by atoms with van der Waals surface area (Å²) in [6.07, 6.45) is 7.60. The third-order valence-electron chi connectivity index (χ3n) is 2.31. The van der Waals surface area contributed by atoms with E-state index in [4.69, 9.17) is 0 Å². The standard InChI is InChI=1S/C10H14N6O/c17-10(2-4-16-8-12-7-15-16)13-3-1-9-5-11-6-14-9/h5-8H,1-4H2,(H,11,14)(H,13,17). The fourth-order valence-corrected chi connectivity index (χ4v) is 1.41. The fraction of sp³-hybridized carbons (Fsp3) is 0.400. The van der Waals surface area contributed by atoms with Gasteiger partial charge in [-0.1, -0.05) is 0 Å². The molecule has 0 saturated heterocycles. The Bertz CT molecular complexity index is 435. The second-order valence-corrected chi connectivity index (χ2v) is 3.59. The van der Waals surface area contributed by atoms with Crippen LogP contribution in [0.3, 0.4) is 0 Å². The first-order valence-electron chi connectivity index (χ1n) is 5.41. The average molecular weight is 234 g/mol. The molecule has 0 aliphatic heterocycles. The van der Waals surface area contributed by atoms with E-state index in [0.717, 1.165) is 12.1 Å². The van der Waals surface area contributed by atoms with Crippen molar-refractivity contribution in [2.24, 2.45) is 0 Å². The fourth-order valence-electron chi connectivity index (χ4n) is 1.41. The molecule has 2 N–H and O–H groups in total. The van der Waals surface area contributed by atoms with E-state index in [-0.39, 0.29) is 5.91 Å². The molecule has 0 unspecified atom stereocenters. The van der Waals surface area contributed by atoms with E-state index in [1.807, 2.05) is 0 Å². The molecular weight excluding hydrogens is 220 g/mol. The van der Waals surface area contributed by atoms with E-state index >= 15 is 0 Å². The molecule has 1 amide bonds. The smallest absolute Gasteiger partial charge is 0.221 e. The van der Waals surface area contributed by atoms with Crippen LogP contribution in [-0.4, -0.2) is 37.2 Å². The zero-order valence-electron chi connectivity index (χ0n) is 9.33. The number of imidazole rings is 1. The number of rotatable bonds is 6. The molecule has 0 bridgehead atoms. The normalized spacial score (nSPS) is 10.4. The highest BCUT2D eigenvalue weighted by Gasteiger charge is 2.02. The number of carbonyl (C=O) groups excluding carboxylic acids is 1. The van der Waals surface area contributed by atoms with Crippen molar-refractivity contribution in [3.05, 3.63) is 30.9 Å². The van der Waals surface area contributed by atoms with Gasteiger partial charge in [0.05, 0.1) is 12.9 Å². The van der Waals surface area contributed by atoms with E-state index < -0.39 is 0 Å². The second-order valence-electron chi connectivity index (χ2n) is 3.59. The van der Waals surface area contributed by atoms with E-state index in [9.17, 15) is 4.79 Å². The van der Waals surface area contributed by atoms with Crippen LogP contribution in [0.4, 0.5) is 0 Å². The third-order valence-corrected chi connectivity index (χ3v) is 2.31. The summed E-state index contributed by atoms with van der Waals surface area (Å²) < 4.78 is 1.63. The molecule has 0 aromatic carbocycles. The summed E-state index contributed by atoms with van der Waals surface area (Å²) in [5.74, 6) is 0.0139. The minimum Gasteiger partial charge on any atom is -0.356 e. The Balaban J connectivity index is 1.61. The Morgan fingerprint density at radius 1 is 1.47 bits per heavy atom. The summed E-state index contributed by atoms with van der Waals surface area (Å²) in [4.78, 5) is 22.2. The predicted octanol–water partition coefficient (Wildman–Crippen LogP) is -0.250. The molecule has 0 aliphatic rings. The number of aryl methyl sites for hydroxylation is 1. The van der Waals surface area contributed by atoms with Crippen molar-refractivity contribution in [2.45, 2.75) is 19.4 Å². The Hall–Kier alpha value is -2.18. The molecule has 7 heteroatoms. The zero-order chi connectivity index (χ0) is 11.9. The SMILES string of the molecule is O=C(CCn1cncn1)NCCc1cnc[nH]1. The number of hydrogen-bond acceptors (Lipinski definition) is 4. The molecule has 0 spiro atoms. The van der Waals surface area contributed by atoms with Crippen LogP contribution in [0.2, 0.25) is 0 Å². The number of amides is 1. The first-order chi connectivity index (χ1) is 8.34. The molecule has 2 rings (SSSR count). The highest BCUT2D eigenvalue weighted by molar-refractivity contribution is 5.75. The van der Waals surface area contributed by atoms with Gasteiger partial charge in [-0.2, -0.15) is 5.10 Å². The lowest BCUT2D eigenvalue weighted by Gasteiger charge is -2.04. The maximum atomic E-state index is 11.5. The second kappa shape index (κ2) is 5.78. The van der Waals surface area contributed by atoms with E-state index in [2.05, 4.69) is 25.4 Å². The lowest BCUT2D eigenvalue weighted by molar-refractivity contribution is -0.121. The van der Waals surface area contributed by atoms with Gasteiger partial charge in [0.15, 0.2) is 0 Å². The summed E-state index contributed by atoms with van der Waals surface area (Å²) in [7, 11) is 0. The van der Waals surface area contributed by atoms with Crippen LogP contribution in [0.15, 0.2) is 25.2 Å². The number of aromatic nitrogens is 5. The molecule has 0 saturated carbocycles. The van der Waals surface area contributed by atoms with Gasteiger partial charge in [0.25, 0.3) is 0 Å². The van der Waals surface area contributed by atoms with E-state index in [1.54, 1.807) is 23.5 Å². The van der Waals surface area contributed by atoms with Crippen LogP contribution < -0.4 is 5.32 Å². The molecule has 0 radical (unpaired) electrons. The minimum atomic E-state index is 0.0139. The van der Waals surface area contributed by atoms with Crippen LogP contribution in [0.1, 0.15) is 12.1 Å². The number of aromatic amines is 1. The number of hydrogen-bond donors (Lipinski definition) is 2. The predicted molar refractivity (Wildman–Crippen MR) is 59.9 cm³/mol. The lowest BCUT2D eigenvalue weighted by atomic mass is 10.3. The maximum absolute atomic E-state index is 11.5. The Morgan fingerprint density at radius 3 is 3.12 bits per heavy atom. The third kappa shape index (κ3) is 3.71. The summed E-state index contributed by atoms with van der Waals surface area (Å²) >= 11 is 0. The largest absolute Gasteiger partial charge is 0.356 e. The molecule has 17 heavy (non-hydrogen) atoms. The van der Waals surface area contributed by atoms with Gasteiger partial charge < -0.3 is 10.3 Å². The highest BCUT2D eigenvalue weighted by Crippen LogP contribution is 1.91. The molecule has 7 nitrogen and oxygen atoms in total. The highest BCUT2D eigenvalue weighted by atomic mass is 16.1. The number of nitrogens with one attached hydrogen (secondary N) is 2. The van der Waals surface area contributed by atoms with Gasteiger partial charge in [-0.15, -0.1) is 0 Å². The minimum absolute atomic E-state index is 0.0139. The van der Waals surface area contributed by atoms with E-state index in [0.29, 0.717) is 19.5 Å². The van der Waals surface area contributed by atoms with Gasteiger partial charge in [-0.25, -0.2) is 9.97 Å². The summed E-state index contributed by atoms with van der Waals surface area (Å²) in [6, 6.07) is 0. The number of H-pyrrole nitrogens is 1. The molecule has 2 aromatic heterocycles. The zero-order valence-corrected chi connectivity index (χ0v) is 9.33. The first kappa shape index (κ1) is 11.3. The van der Waals surface area contributed by atoms with Crippen molar-refractivity contribution < 1.29 is 4.79 Å². The molecular formula is C10H14N6O. The van der Waals surface area contributed by atoms with Crippen LogP contribution in [-0.2, 0) is 17.8 Å². The van der Waals surface area contributed by atoms with Gasteiger partial charge in [0, 0.05) is 31.3 Å². The molecule has 0 fully saturated rings. The van der Waals surface area contributed by atoms with Crippen molar-refractivity contribution in [3.63, 3.8) is 0 Å². The van der Waals surface area contributed by atoms with Gasteiger partial charge >= 0.3 is 0 Å². The van der Waals surface area contributed by atoms with Gasteiger partial charge in [-0.3, -0.25) is 9.48 Å². The summed E-state index contributed by atoms with van der Waals surface area (Å²) in [5, 5.41) is 6.76. The van der Waals surface area contributed by atoms with Crippen LogP contribution in [0.5, 0.6) is 0 Å². The Morgan fingerprint density at radius 2 is 2.41 bits per heavy atom. The lowest BCUT2D eigenvalue weighted by Crippen LogP contribution is -2.26. The Kier molecular flexibility index (Phi) is 3.85. The van der Waals surface area contributed by atoms with Crippen LogP contribution in [0, 0.1) is 0 Å². The summed E-state index contributed by atoms with van der Waals surface area (Å²) in [6.45, 7) is 1.16. The van der Waals surface area contributed by atoms with Crippen molar-refractivity contribution in [1.29, 1.82) is 0 Å². The molecule has 0 aliphatic carbocycles. The van der Waals surface area contributed by atoms with Crippen molar-refractivity contribution in [2.75, 3.05) is 6.54 Å². The van der Waals surface area contributed by atoms with Crippen molar-refractivity contribution >= 4 is 5.91 Å².